The maximum atomic E-state index is 12.6. The second kappa shape index (κ2) is 6.11. The van der Waals surface area contributed by atoms with Crippen LogP contribution in [0.25, 0.3) is 0 Å². The van der Waals surface area contributed by atoms with Crippen molar-refractivity contribution in [1.29, 1.82) is 0 Å². The monoisotopic (exact) mass is 305 g/mol. The Balaban J connectivity index is 3.40. The van der Waals surface area contributed by atoms with Gasteiger partial charge in [0.15, 0.2) is 0 Å². The van der Waals surface area contributed by atoms with Crippen LogP contribution in [0.5, 0.6) is 0 Å². The quantitative estimate of drug-likeness (QED) is 0.662. The molecule has 8 heteroatoms. The summed E-state index contributed by atoms with van der Waals surface area (Å²) in [5, 5.41) is 20.1. The third kappa shape index (κ3) is 4.17. The zero-order valence-corrected chi connectivity index (χ0v) is 11.3. The fourth-order valence-electron chi connectivity index (χ4n) is 2.00. The molecule has 1 unspecified atom stereocenters. The first kappa shape index (κ1) is 16.9. The van der Waals surface area contributed by atoms with Crippen LogP contribution in [0.3, 0.4) is 0 Å². The summed E-state index contributed by atoms with van der Waals surface area (Å²) in [6, 6.07) is 1.92. The first-order valence-corrected chi connectivity index (χ1v) is 6.12. The van der Waals surface area contributed by atoms with Gasteiger partial charge in [-0.3, -0.25) is 14.9 Å². The average Bonchev–Trinajstić information content (AvgIpc) is 2.33. The van der Waals surface area contributed by atoms with Crippen molar-refractivity contribution >= 4 is 11.7 Å². The number of nitro groups is 1. The van der Waals surface area contributed by atoms with Gasteiger partial charge in [0.05, 0.1) is 16.4 Å². The van der Waals surface area contributed by atoms with E-state index in [-0.39, 0.29) is 17.9 Å². The molecule has 0 fully saturated rings. The largest absolute Gasteiger partial charge is 0.481 e. The van der Waals surface area contributed by atoms with Gasteiger partial charge in [-0.05, 0) is 18.4 Å². The van der Waals surface area contributed by atoms with Crippen molar-refractivity contribution in [2.45, 2.75) is 32.4 Å². The lowest BCUT2D eigenvalue weighted by molar-refractivity contribution is -0.386. The first-order chi connectivity index (χ1) is 9.54. The Hall–Kier alpha value is -2.12. The van der Waals surface area contributed by atoms with Crippen LogP contribution >= 0.6 is 0 Å². The predicted molar refractivity (Wildman–Crippen MR) is 67.9 cm³/mol. The lowest BCUT2D eigenvalue weighted by Crippen LogP contribution is -2.16. The smallest absolute Gasteiger partial charge is 0.416 e. The molecule has 116 valence electrons. The van der Waals surface area contributed by atoms with Gasteiger partial charge in [0.25, 0.3) is 5.69 Å². The second-order valence-corrected chi connectivity index (χ2v) is 5.05. The Bertz CT molecular complexity index is 555. The van der Waals surface area contributed by atoms with Crippen molar-refractivity contribution in [1.82, 2.24) is 0 Å². The van der Waals surface area contributed by atoms with Crippen molar-refractivity contribution in [3.63, 3.8) is 0 Å². The molecule has 0 amide bonds. The van der Waals surface area contributed by atoms with E-state index < -0.39 is 34.2 Å². The minimum absolute atomic E-state index is 0.0759. The van der Waals surface area contributed by atoms with E-state index in [1.807, 2.05) is 0 Å². The van der Waals surface area contributed by atoms with Crippen molar-refractivity contribution in [2.75, 3.05) is 0 Å². The van der Waals surface area contributed by atoms with E-state index in [4.69, 9.17) is 5.11 Å². The van der Waals surface area contributed by atoms with Gasteiger partial charge < -0.3 is 5.11 Å². The number of alkyl halides is 3. The molecule has 0 aliphatic rings. The van der Waals surface area contributed by atoms with E-state index in [0.29, 0.717) is 12.1 Å². The van der Waals surface area contributed by atoms with Gasteiger partial charge in [0.2, 0.25) is 0 Å². The van der Waals surface area contributed by atoms with Crippen molar-refractivity contribution < 1.29 is 28.0 Å². The summed E-state index contributed by atoms with van der Waals surface area (Å²) in [5.41, 5.74) is -2.21. The minimum Gasteiger partial charge on any atom is -0.481 e. The summed E-state index contributed by atoms with van der Waals surface area (Å²) in [5.74, 6) is -2.59. The van der Waals surface area contributed by atoms with E-state index in [2.05, 4.69) is 0 Å². The molecule has 0 saturated carbocycles. The van der Waals surface area contributed by atoms with Crippen LogP contribution in [0.2, 0.25) is 0 Å². The maximum absolute atomic E-state index is 12.6. The lowest BCUT2D eigenvalue weighted by Gasteiger charge is -2.16. The zero-order valence-electron chi connectivity index (χ0n) is 11.3. The standard InChI is InChI=1S/C13H14F3NO4/c1-7(2)5-10(12(18)19)9-4-3-8(13(14,15)16)6-11(9)17(20)21/h3-4,6-7,10H,5H2,1-2H3,(H,18,19). The van der Waals surface area contributed by atoms with Gasteiger partial charge in [-0.2, -0.15) is 13.2 Å². The lowest BCUT2D eigenvalue weighted by atomic mass is 9.88. The highest BCUT2D eigenvalue weighted by Crippen LogP contribution is 2.37. The number of aliphatic carboxylic acids is 1. The van der Waals surface area contributed by atoms with Gasteiger partial charge >= 0.3 is 12.1 Å². The minimum atomic E-state index is -4.72. The molecule has 0 aliphatic carbocycles. The van der Waals surface area contributed by atoms with E-state index >= 15 is 0 Å². The fourth-order valence-corrected chi connectivity index (χ4v) is 2.00. The summed E-state index contributed by atoms with van der Waals surface area (Å²) in [7, 11) is 0. The highest BCUT2D eigenvalue weighted by Gasteiger charge is 2.35. The van der Waals surface area contributed by atoms with Crippen LogP contribution in [0.15, 0.2) is 18.2 Å². The Labute approximate surface area is 118 Å². The van der Waals surface area contributed by atoms with Gasteiger partial charge in [0.1, 0.15) is 0 Å². The zero-order chi connectivity index (χ0) is 16.4. The fraction of sp³-hybridized carbons (Fsp3) is 0.462. The van der Waals surface area contributed by atoms with Crippen molar-refractivity contribution in [3.05, 3.63) is 39.4 Å². The summed E-state index contributed by atoms with van der Waals surface area (Å²) in [6.07, 6.45) is -4.62. The van der Waals surface area contributed by atoms with Crippen LogP contribution in [-0.2, 0) is 11.0 Å². The molecule has 1 aromatic rings. The highest BCUT2D eigenvalue weighted by atomic mass is 19.4. The average molecular weight is 305 g/mol. The van der Waals surface area contributed by atoms with E-state index in [0.717, 1.165) is 6.07 Å². The third-order valence-electron chi connectivity index (χ3n) is 2.94. The molecule has 0 radical (unpaired) electrons. The number of hydrogen-bond donors (Lipinski definition) is 1. The Morgan fingerprint density at radius 2 is 1.95 bits per heavy atom. The molecule has 0 saturated heterocycles. The number of benzene rings is 1. The number of carboxylic acid groups (broad SMARTS) is 1. The topological polar surface area (TPSA) is 80.4 Å². The van der Waals surface area contributed by atoms with Crippen molar-refractivity contribution in [3.8, 4) is 0 Å². The van der Waals surface area contributed by atoms with Crippen molar-refractivity contribution in [2.24, 2.45) is 5.92 Å². The van der Waals surface area contributed by atoms with Crippen LogP contribution in [0.4, 0.5) is 18.9 Å². The molecule has 0 aromatic heterocycles. The number of hydrogen-bond acceptors (Lipinski definition) is 3. The highest BCUT2D eigenvalue weighted by molar-refractivity contribution is 5.78. The first-order valence-electron chi connectivity index (χ1n) is 6.12. The molecule has 1 atom stereocenters. The molecule has 1 aromatic carbocycles. The molecule has 0 spiro atoms. The maximum Gasteiger partial charge on any atom is 0.416 e. The summed E-state index contributed by atoms with van der Waals surface area (Å²) in [4.78, 5) is 21.2. The van der Waals surface area contributed by atoms with E-state index in [9.17, 15) is 28.1 Å². The number of halogens is 3. The van der Waals surface area contributed by atoms with Crippen LogP contribution < -0.4 is 0 Å². The summed E-state index contributed by atoms with van der Waals surface area (Å²) in [6.45, 7) is 3.46. The Morgan fingerprint density at radius 3 is 2.33 bits per heavy atom. The van der Waals surface area contributed by atoms with E-state index in [1.54, 1.807) is 13.8 Å². The molecular formula is C13H14F3NO4. The Morgan fingerprint density at radius 1 is 1.38 bits per heavy atom. The third-order valence-corrected chi connectivity index (χ3v) is 2.94. The number of carbonyl (C=O) groups is 1. The molecular weight excluding hydrogens is 291 g/mol. The number of rotatable bonds is 5. The molecule has 5 nitrogen and oxygen atoms in total. The number of nitrogens with zero attached hydrogens (tertiary/aromatic N) is 1. The predicted octanol–water partition coefficient (Wildman–Crippen LogP) is 3.83. The van der Waals surface area contributed by atoms with Gasteiger partial charge in [-0.15, -0.1) is 0 Å². The van der Waals surface area contributed by atoms with Gasteiger partial charge in [-0.25, -0.2) is 0 Å². The van der Waals surface area contributed by atoms with Crippen LogP contribution in [-0.4, -0.2) is 16.0 Å². The molecule has 0 aliphatic heterocycles. The molecule has 0 heterocycles. The summed E-state index contributed by atoms with van der Waals surface area (Å²) >= 11 is 0. The second-order valence-electron chi connectivity index (χ2n) is 5.05. The molecule has 1 N–H and O–H groups in total. The van der Waals surface area contributed by atoms with Gasteiger partial charge in [0, 0.05) is 11.6 Å². The molecule has 1 rings (SSSR count). The number of nitro benzene ring substituents is 1. The number of carboxylic acids is 1. The van der Waals surface area contributed by atoms with Gasteiger partial charge in [-0.1, -0.05) is 19.9 Å². The van der Waals surface area contributed by atoms with E-state index in [1.165, 1.54) is 0 Å². The summed E-state index contributed by atoms with van der Waals surface area (Å²) < 4.78 is 37.8. The SMILES string of the molecule is CC(C)CC(C(=O)O)c1ccc(C(F)(F)F)cc1[N+](=O)[O-]. The molecule has 21 heavy (non-hydrogen) atoms. The van der Waals surface area contributed by atoms with Crippen LogP contribution in [0, 0.1) is 16.0 Å². The normalized spacial score (nSPS) is 13.2. The molecule has 0 bridgehead atoms. The van der Waals surface area contributed by atoms with Crippen LogP contribution in [0.1, 0.15) is 37.3 Å². The Kier molecular flexibility index (Phi) is 4.93.